The van der Waals surface area contributed by atoms with Gasteiger partial charge in [-0.25, -0.2) is 21.6 Å². The predicted molar refractivity (Wildman–Crippen MR) is 71.7 cm³/mol. The zero-order chi connectivity index (χ0) is 16.2. The molecule has 0 unspecified atom stereocenters. The van der Waals surface area contributed by atoms with Crippen molar-refractivity contribution >= 4 is 10.0 Å². The molecule has 0 spiro atoms. The van der Waals surface area contributed by atoms with E-state index in [0.717, 1.165) is 4.31 Å². The second-order valence-corrected chi connectivity index (χ2v) is 6.34. The van der Waals surface area contributed by atoms with E-state index in [2.05, 4.69) is 0 Å². The second-order valence-electron chi connectivity index (χ2n) is 4.48. The van der Waals surface area contributed by atoms with Gasteiger partial charge in [0.15, 0.2) is 17.5 Å². The Hall–Kier alpha value is -1.12. The minimum absolute atomic E-state index is 0.243. The summed E-state index contributed by atoms with van der Waals surface area (Å²) in [5.74, 6) is -5.03. The molecule has 0 aromatic heterocycles. The van der Waals surface area contributed by atoms with Crippen LogP contribution in [0.5, 0.6) is 0 Å². The maximum atomic E-state index is 13.7. The fraction of sp³-hybridized carbons (Fsp3) is 0.538. The Morgan fingerprint density at radius 1 is 1.14 bits per heavy atom. The van der Waals surface area contributed by atoms with Crippen LogP contribution in [0.1, 0.15) is 26.7 Å². The summed E-state index contributed by atoms with van der Waals surface area (Å²) in [6.07, 6.45) is 0.891. The predicted octanol–water partition coefficient (Wildman–Crippen LogP) is 2.28. The molecular formula is C13H18F3NO3S. The molecule has 8 heteroatoms. The van der Waals surface area contributed by atoms with E-state index in [0.29, 0.717) is 25.0 Å². The summed E-state index contributed by atoms with van der Waals surface area (Å²) in [5, 5.41) is 9.02. The molecule has 0 aliphatic carbocycles. The van der Waals surface area contributed by atoms with Crippen molar-refractivity contribution in [1.29, 1.82) is 0 Å². The number of hydrogen-bond acceptors (Lipinski definition) is 3. The SMILES string of the molecule is CCC(CC)N(CCO)S(=O)(=O)c1ccc(F)c(F)c1F. The Balaban J connectivity index is 3.39. The number of benzene rings is 1. The molecule has 0 radical (unpaired) electrons. The highest BCUT2D eigenvalue weighted by Crippen LogP contribution is 2.25. The number of halogens is 3. The lowest BCUT2D eigenvalue weighted by molar-refractivity contribution is 0.219. The molecule has 120 valence electrons. The third kappa shape index (κ3) is 3.56. The number of rotatable bonds is 7. The van der Waals surface area contributed by atoms with E-state index in [1.54, 1.807) is 13.8 Å². The van der Waals surface area contributed by atoms with E-state index < -0.39 is 45.0 Å². The molecule has 0 saturated carbocycles. The van der Waals surface area contributed by atoms with Crippen LogP contribution in [-0.2, 0) is 10.0 Å². The van der Waals surface area contributed by atoms with Crippen LogP contribution in [0.15, 0.2) is 17.0 Å². The summed E-state index contributed by atoms with van der Waals surface area (Å²) in [7, 11) is -4.36. The van der Waals surface area contributed by atoms with Gasteiger partial charge in [-0.05, 0) is 25.0 Å². The van der Waals surface area contributed by atoms with Crippen molar-refractivity contribution in [3.8, 4) is 0 Å². The normalized spacial score (nSPS) is 12.4. The van der Waals surface area contributed by atoms with Gasteiger partial charge in [0, 0.05) is 12.6 Å². The van der Waals surface area contributed by atoms with Gasteiger partial charge in [0.2, 0.25) is 10.0 Å². The fourth-order valence-electron chi connectivity index (χ4n) is 2.13. The van der Waals surface area contributed by atoms with Gasteiger partial charge in [-0.2, -0.15) is 4.31 Å². The topological polar surface area (TPSA) is 57.6 Å². The second kappa shape index (κ2) is 7.24. The molecule has 0 heterocycles. The van der Waals surface area contributed by atoms with Crippen LogP contribution >= 0.6 is 0 Å². The molecule has 1 aromatic carbocycles. The number of aliphatic hydroxyl groups is 1. The minimum Gasteiger partial charge on any atom is -0.395 e. The maximum Gasteiger partial charge on any atom is 0.246 e. The van der Waals surface area contributed by atoms with E-state index in [-0.39, 0.29) is 6.54 Å². The summed E-state index contributed by atoms with van der Waals surface area (Å²) in [6, 6.07) is 0.792. The lowest BCUT2D eigenvalue weighted by Gasteiger charge is -2.29. The Morgan fingerprint density at radius 2 is 1.71 bits per heavy atom. The summed E-state index contributed by atoms with van der Waals surface area (Å²) in [5.41, 5.74) is 0. The molecule has 1 N–H and O–H groups in total. The number of hydrogen-bond donors (Lipinski definition) is 1. The first-order chi connectivity index (χ1) is 9.81. The van der Waals surface area contributed by atoms with Crippen LogP contribution in [0.25, 0.3) is 0 Å². The molecular weight excluding hydrogens is 307 g/mol. The average Bonchev–Trinajstić information content (AvgIpc) is 2.44. The molecule has 0 fully saturated rings. The van der Waals surface area contributed by atoms with Crippen LogP contribution in [0, 0.1) is 17.5 Å². The Labute approximate surface area is 122 Å². The molecule has 0 bridgehead atoms. The van der Waals surface area contributed by atoms with Crippen molar-refractivity contribution < 1.29 is 26.7 Å². The Kier molecular flexibility index (Phi) is 6.18. The monoisotopic (exact) mass is 325 g/mol. The quantitative estimate of drug-likeness (QED) is 0.783. The molecule has 0 aliphatic rings. The van der Waals surface area contributed by atoms with E-state index in [1.807, 2.05) is 0 Å². The van der Waals surface area contributed by atoms with Crippen LogP contribution in [-0.4, -0.2) is 37.0 Å². The molecule has 21 heavy (non-hydrogen) atoms. The summed E-state index contributed by atoms with van der Waals surface area (Å²) in [4.78, 5) is -0.929. The van der Waals surface area contributed by atoms with E-state index in [4.69, 9.17) is 5.11 Å². The maximum absolute atomic E-state index is 13.7. The number of nitrogens with zero attached hydrogens (tertiary/aromatic N) is 1. The van der Waals surface area contributed by atoms with Crippen LogP contribution in [0.2, 0.25) is 0 Å². The largest absolute Gasteiger partial charge is 0.395 e. The summed E-state index contributed by atoms with van der Waals surface area (Å²) >= 11 is 0. The van der Waals surface area contributed by atoms with Crippen molar-refractivity contribution in [1.82, 2.24) is 4.31 Å². The third-order valence-corrected chi connectivity index (χ3v) is 5.23. The van der Waals surface area contributed by atoms with Gasteiger partial charge >= 0.3 is 0 Å². The first-order valence-electron chi connectivity index (χ1n) is 6.57. The Morgan fingerprint density at radius 3 is 2.19 bits per heavy atom. The smallest absolute Gasteiger partial charge is 0.246 e. The average molecular weight is 325 g/mol. The summed E-state index contributed by atoms with van der Waals surface area (Å²) < 4.78 is 65.7. The molecule has 0 atom stereocenters. The van der Waals surface area contributed by atoms with Crippen molar-refractivity contribution in [2.75, 3.05) is 13.2 Å². The van der Waals surface area contributed by atoms with E-state index in [9.17, 15) is 21.6 Å². The lowest BCUT2D eigenvalue weighted by atomic mass is 10.2. The van der Waals surface area contributed by atoms with Gasteiger partial charge in [-0.15, -0.1) is 0 Å². The van der Waals surface area contributed by atoms with Gasteiger partial charge < -0.3 is 5.11 Å². The third-order valence-electron chi connectivity index (χ3n) is 3.26. The number of aliphatic hydroxyl groups excluding tert-OH is 1. The molecule has 0 saturated heterocycles. The van der Waals surface area contributed by atoms with Gasteiger partial charge in [-0.1, -0.05) is 13.8 Å². The summed E-state index contributed by atoms with van der Waals surface area (Å²) in [6.45, 7) is 2.79. The van der Waals surface area contributed by atoms with Crippen LogP contribution in [0.4, 0.5) is 13.2 Å². The highest BCUT2D eigenvalue weighted by molar-refractivity contribution is 7.89. The van der Waals surface area contributed by atoms with Crippen LogP contribution < -0.4 is 0 Å². The molecule has 0 amide bonds. The van der Waals surface area contributed by atoms with Crippen molar-refractivity contribution in [2.45, 2.75) is 37.6 Å². The Bertz CT molecular complexity index is 589. The van der Waals surface area contributed by atoms with Crippen molar-refractivity contribution in [3.05, 3.63) is 29.6 Å². The molecule has 1 aromatic rings. The standard InChI is InChI=1S/C13H18F3NO3S/c1-3-9(4-2)17(7-8-18)21(19,20)11-6-5-10(14)12(15)13(11)16/h5-6,9,18H,3-4,7-8H2,1-2H3. The first kappa shape index (κ1) is 17.9. The van der Waals surface area contributed by atoms with Gasteiger partial charge in [0.1, 0.15) is 4.90 Å². The number of sulfonamides is 1. The van der Waals surface area contributed by atoms with Gasteiger partial charge in [0.05, 0.1) is 6.61 Å². The molecule has 0 aliphatic heterocycles. The van der Waals surface area contributed by atoms with Gasteiger partial charge in [0.25, 0.3) is 0 Å². The molecule has 4 nitrogen and oxygen atoms in total. The highest BCUT2D eigenvalue weighted by Gasteiger charge is 2.33. The van der Waals surface area contributed by atoms with Crippen LogP contribution in [0.3, 0.4) is 0 Å². The minimum atomic E-state index is -4.36. The van der Waals surface area contributed by atoms with Gasteiger partial charge in [-0.3, -0.25) is 0 Å². The molecule has 1 rings (SSSR count). The van der Waals surface area contributed by atoms with Crippen molar-refractivity contribution in [3.63, 3.8) is 0 Å². The van der Waals surface area contributed by atoms with E-state index >= 15 is 0 Å². The first-order valence-corrected chi connectivity index (χ1v) is 8.01. The highest BCUT2D eigenvalue weighted by atomic mass is 32.2. The zero-order valence-electron chi connectivity index (χ0n) is 11.8. The zero-order valence-corrected chi connectivity index (χ0v) is 12.6. The van der Waals surface area contributed by atoms with Crippen molar-refractivity contribution in [2.24, 2.45) is 0 Å². The van der Waals surface area contributed by atoms with E-state index in [1.165, 1.54) is 0 Å². The lowest BCUT2D eigenvalue weighted by Crippen LogP contribution is -2.41. The fourth-order valence-corrected chi connectivity index (χ4v) is 3.95.